The van der Waals surface area contributed by atoms with Crippen LogP contribution in [0.2, 0.25) is 0 Å². The van der Waals surface area contributed by atoms with Crippen molar-refractivity contribution in [1.29, 1.82) is 0 Å². The van der Waals surface area contributed by atoms with Crippen LogP contribution in [0.25, 0.3) is 21.7 Å². The Hall–Kier alpha value is -3.23. The van der Waals surface area contributed by atoms with E-state index in [1.165, 1.54) is 4.57 Å². The van der Waals surface area contributed by atoms with Gasteiger partial charge in [0, 0.05) is 43.7 Å². The number of piperazine rings is 1. The van der Waals surface area contributed by atoms with Crippen LogP contribution >= 0.6 is 11.3 Å². The molecule has 31 heavy (non-hydrogen) atoms. The van der Waals surface area contributed by atoms with Crippen molar-refractivity contribution in [1.82, 2.24) is 19.4 Å². The number of oxazole rings is 1. The molecule has 0 N–H and O–H groups in total. The minimum Gasteiger partial charge on any atom is -0.408 e. The van der Waals surface area contributed by atoms with E-state index in [9.17, 15) is 9.59 Å². The van der Waals surface area contributed by atoms with E-state index in [2.05, 4.69) is 22.4 Å². The maximum absolute atomic E-state index is 12.8. The molecule has 0 bridgehead atoms. The fourth-order valence-electron chi connectivity index (χ4n) is 3.88. The highest BCUT2D eigenvalue weighted by atomic mass is 32.1. The molecule has 7 nitrogen and oxygen atoms in total. The number of hydrogen-bond donors (Lipinski definition) is 0. The number of fused-ring (bicyclic) bond motifs is 1. The van der Waals surface area contributed by atoms with Gasteiger partial charge in [-0.1, -0.05) is 42.5 Å². The van der Waals surface area contributed by atoms with Crippen LogP contribution in [-0.2, 0) is 17.9 Å². The summed E-state index contributed by atoms with van der Waals surface area (Å²) >= 11 is 1.66. The van der Waals surface area contributed by atoms with Crippen molar-refractivity contribution in [2.24, 2.45) is 0 Å². The number of rotatable bonds is 5. The van der Waals surface area contributed by atoms with Gasteiger partial charge in [0.2, 0.25) is 5.91 Å². The number of nitrogens with zero attached hydrogens (tertiary/aromatic N) is 4. The molecular formula is C23H22N4O3S. The average Bonchev–Trinajstić information content (AvgIpc) is 3.39. The van der Waals surface area contributed by atoms with E-state index >= 15 is 0 Å². The van der Waals surface area contributed by atoms with E-state index in [-0.39, 0.29) is 12.5 Å². The second kappa shape index (κ2) is 8.49. The molecule has 4 aromatic rings. The lowest BCUT2D eigenvalue weighted by atomic mass is 10.2. The molecule has 1 amide bonds. The highest BCUT2D eigenvalue weighted by molar-refractivity contribution is 7.13. The summed E-state index contributed by atoms with van der Waals surface area (Å²) < 4.78 is 6.63. The van der Waals surface area contributed by atoms with E-state index < -0.39 is 5.76 Å². The second-order valence-corrected chi connectivity index (χ2v) is 8.45. The van der Waals surface area contributed by atoms with Crippen molar-refractivity contribution in [3.63, 3.8) is 0 Å². The molecule has 158 valence electrons. The zero-order valence-electron chi connectivity index (χ0n) is 16.9. The standard InChI is InChI=1S/C23H22N4O3S/c28-21(15-27-19-8-4-5-9-20(19)30-23(27)29)26-12-10-25(11-13-26)14-18-16-31-22(24-18)17-6-2-1-3-7-17/h1-9,16H,10-15H2. The molecule has 8 heteroatoms. The van der Waals surface area contributed by atoms with Crippen LogP contribution in [0.4, 0.5) is 0 Å². The third-order valence-corrected chi connectivity index (χ3v) is 6.49. The number of carbonyl (C=O) groups is 1. The van der Waals surface area contributed by atoms with E-state index in [1.807, 2.05) is 35.2 Å². The summed E-state index contributed by atoms with van der Waals surface area (Å²) in [4.78, 5) is 33.8. The molecule has 2 aromatic carbocycles. The molecule has 0 aliphatic carbocycles. The summed E-state index contributed by atoms with van der Waals surface area (Å²) in [7, 11) is 0. The lowest BCUT2D eigenvalue weighted by Crippen LogP contribution is -2.49. The van der Waals surface area contributed by atoms with Gasteiger partial charge in [0.1, 0.15) is 11.6 Å². The molecule has 1 fully saturated rings. The van der Waals surface area contributed by atoms with Gasteiger partial charge in [0.15, 0.2) is 5.58 Å². The zero-order valence-corrected chi connectivity index (χ0v) is 17.8. The normalized spacial score (nSPS) is 14.9. The van der Waals surface area contributed by atoms with Crippen molar-refractivity contribution in [2.45, 2.75) is 13.1 Å². The number of para-hydroxylation sites is 2. The molecule has 1 aliphatic rings. The fraction of sp³-hybridized carbons (Fsp3) is 0.261. The van der Waals surface area contributed by atoms with Gasteiger partial charge >= 0.3 is 5.76 Å². The summed E-state index contributed by atoms with van der Waals surface area (Å²) in [6, 6.07) is 17.4. The van der Waals surface area contributed by atoms with Crippen LogP contribution < -0.4 is 5.76 Å². The maximum atomic E-state index is 12.8. The zero-order chi connectivity index (χ0) is 21.2. The topological polar surface area (TPSA) is 71.6 Å². The number of thiazole rings is 1. The first-order valence-corrected chi connectivity index (χ1v) is 11.1. The Labute approximate surface area is 183 Å². The number of hydrogen-bond acceptors (Lipinski definition) is 6. The molecule has 2 aromatic heterocycles. The van der Waals surface area contributed by atoms with Crippen molar-refractivity contribution < 1.29 is 9.21 Å². The van der Waals surface area contributed by atoms with Crippen molar-refractivity contribution in [3.8, 4) is 10.6 Å². The Balaban J connectivity index is 1.18. The first-order chi connectivity index (χ1) is 15.2. The molecule has 1 saturated heterocycles. The van der Waals surface area contributed by atoms with Gasteiger partial charge in [-0.25, -0.2) is 9.78 Å². The largest absolute Gasteiger partial charge is 0.420 e. The minimum absolute atomic E-state index is 0.00235. The van der Waals surface area contributed by atoms with Crippen LogP contribution in [0.15, 0.2) is 69.2 Å². The summed E-state index contributed by atoms with van der Waals surface area (Å²) in [6.45, 7) is 3.62. The molecule has 5 rings (SSSR count). The molecule has 3 heterocycles. The monoisotopic (exact) mass is 434 g/mol. The average molecular weight is 435 g/mol. The Morgan fingerprint density at radius 3 is 2.55 bits per heavy atom. The third kappa shape index (κ3) is 4.17. The minimum atomic E-state index is -0.495. The predicted molar refractivity (Wildman–Crippen MR) is 120 cm³/mol. The van der Waals surface area contributed by atoms with Gasteiger partial charge in [0.25, 0.3) is 0 Å². The van der Waals surface area contributed by atoms with Crippen molar-refractivity contribution in [2.75, 3.05) is 26.2 Å². The number of carbonyl (C=O) groups excluding carboxylic acids is 1. The van der Waals surface area contributed by atoms with E-state index in [4.69, 9.17) is 9.40 Å². The Morgan fingerprint density at radius 2 is 1.74 bits per heavy atom. The van der Waals surface area contributed by atoms with Gasteiger partial charge in [-0.15, -0.1) is 11.3 Å². The van der Waals surface area contributed by atoms with Crippen LogP contribution in [0.1, 0.15) is 5.69 Å². The molecule has 1 aliphatic heterocycles. The summed E-state index contributed by atoms with van der Waals surface area (Å²) in [5.74, 6) is -0.556. The van der Waals surface area contributed by atoms with Gasteiger partial charge < -0.3 is 9.32 Å². The molecular weight excluding hydrogens is 412 g/mol. The summed E-state index contributed by atoms with van der Waals surface area (Å²) in [5.41, 5.74) is 3.34. The first kappa shape index (κ1) is 19.7. The third-order valence-electron chi connectivity index (χ3n) is 5.55. The van der Waals surface area contributed by atoms with Crippen molar-refractivity contribution in [3.05, 3.63) is 76.2 Å². The molecule has 0 radical (unpaired) electrons. The van der Waals surface area contributed by atoms with Gasteiger partial charge in [0.05, 0.1) is 11.2 Å². The SMILES string of the molecule is O=C(Cn1c(=O)oc2ccccc21)N1CCN(Cc2csc(-c3ccccc3)n2)CC1. The highest BCUT2D eigenvalue weighted by Gasteiger charge is 2.23. The van der Waals surface area contributed by atoms with Crippen LogP contribution in [0.5, 0.6) is 0 Å². The Bertz CT molecular complexity index is 1250. The lowest BCUT2D eigenvalue weighted by molar-refractivity contribution is -0.133. The molecule has 0 unspecified atom stereocenters. The summed E-state index contributed by atoms with van der Waals surface area (Å²) in [5, 5.41) is 3.14. The van der Waals surface area contributed by atoms with E-state index in [0.29, 0.717) is 24.2 Å². The van der Waals surface area contributed by atoms with Crippen LogP contribution in [0, 0.1) is 0 Å². The highest BCUT2D eigenvalue weighted by Crippen LogP contribution is 2.24. The second-order valence-electron chi connectivity index (χ2n) is 7.59. The first-order valence-electron chi connectivity index (χ1n) is 10.3. The molecule has 0 atom stereocenters. The fourth-order valence-corrected chi connectivity index (χ4v) is 4.69. The van der Waals surface area contributed by atoms with Gasteiger partial charge in [-0.05, 0) is 12.1 Å². The Kier molecular flexibility index (Phi) is 5.40. The predicted octanol–water partition coefficient (Wildman–Crippen LogP) is 3.06. The molecule has 0 spiro atoms. The van der Waals surface area contributed by atoms with Crippen LogP contribution in [0.3, 0.4) is 0 Å². The summed E-state index contributed by atoms with van der Waals surface area (Å²) in [6.07, 6.45) is 0. The quantitative estimate of drug-likeness (QED) is 0.483. The molecule has 0 saturated carbocycles. The van der Waals surface area contributed by atoms with Crippen LogP contribution in [-0.4, -0.2) is 51.4 Å². The van der Waals surface area contributed by atoms with Gasteiger partial charge in [-0.3, -0.25) is 14.3 Å². The number of benzene rings is 2. The van der Waals surface area contributed by atoms with Crippen molar-refractivity contribution >= 4 is 28.3 Å². The van der Waals surface area contributed by atoms with E-state index in [1.54, 1.807) is 23.5 Å². The number of aromatic nitrogens is 2. The number of amides is 1. The van der Waals surface area contributed by atoms with Gasteiger partial charge in [-0.2, -0.15) is 0 Å². The lowest BCUT2D eigenvalue weighted by Gasteiger charge is -2.34. The smallest absolute Gasteiger partial charge is 0.408 e. The maximum Gasteiger partial charge on any atom is 0.420 e. The Morgan fingerprint density at radius 1 is 1.00 bits per heavy atom. The van der Waals surface area contributed by atoms with E-state index in [0.717, 1.165) is 35.9 Å².